The van der Waals surface area contributed by atoms with E-state index >= 15 is 0 Å². The molecule has 1 saturated carbocycles. The Hall–Kier alpha value is -0.530. The van der Waals surface area contributed by atoms with Crippen LogP contribution in [0.1, 0.15) is 45.4 Å². The smallest absolute Gasteiger partial charge is 0.226 e. The zero-order valence-electron chi connectivity index (χ0n) is 9.41. The number of carbonyl (C=O) groups is 1. The quantitative estimate of drug-likeness (QED) is 0.642. The molecular formula is C13H19NO. The highest BCUT2D eigenvalue weighted by molar-refractivity contribution is 5.85. The van der Waals surface area contributed by atoms with E-state index in [2.05, 4.69) is 11.8 Å². The van der Waals surface area contributed by atoms with E-state index in [-0.39, 0.29) is 0 Å². The van der Waals surface area contributed by atoms with Crippen LogP contribution in [0.5, 0.6) is 0 Å². The fourth-order valence-electron chi connectivity index (χ4n) is 5.38. The molecular weight excluding hydrogens is 186 g/mol. The van der Waals surface area contributed by atoms with E-state index in [4.69, 9.17) is 0 Å². The molecule has 4 bridgehead atoms. The molecule has 15 heavy (non-hydrogen) atoms. The lowest BCUT2D eigenvalue weighted by molar-refractivity contribution is -0.134. The van der Waals surface area contributed by atoms with Crippen LogP contribution >= 0.6 is 0 Å². The lowest BCUT2D eigenvalue weighted by atomic mass is 9.51. The lowest BCUT2D eigenvalue weighted by Gasteiger charge is -2.53. The Kier molecular flexibility index (Phi) is 1.38. The van der Waals surface area contributed by atoms with Gasteiger partial charge in [-0.3, -0.25) is 4.79 Å². The third kappa shape index (κ3) is 0.696. The summed E-state index contributed by atoms with van der Waals surface area (Å²) in [5, 5.41) is 0. The maximum absolute atomic E-state index is 12.3. The maximum Gasteiger partial charge on any atom is 0.226 e. The van der Waals surface area contributed by atoms with Gasteiger partial charge in [0.2, 0.25) is 5.91 Å². The fraction of sp³-hybridized carbons (Fsp3) is 0.923. The minimum absolute atomic E-state index is 0.442. The molecule has 3 saturated heterocycles. The summed E-state index contributed by atoms with van der Waals surface area (Å²) in [7, 11) is 0. The average Bonchev–Trinajstić information content (AvgIpc) is 2.57. The summed E-state index contributed by atoms with van der Waals surface area (Å²) in [6.45, 7) is 2.33. The van der Waals surface area contributed by atoms with Gasteiger partial charge in [-0.1, -0.05) is 13.3 Å². The van der Waals surface area contributed by atoms with Gasteiger partial charge in [0.05, 0.1) is 0 Å². The van der Waals surface area contributed by atoms with Gasteiger partial charge in [-0.2, -0.15) is 0 Å². The van der Waals surface area contributed by atoms with Crippen molar-refractivity contribution < 1.29 is 4.79 Å². The molecule has 0 aromatic rings. The predicted octanol–water partition coefficient (Wildman–Crippen LogP) is 2.19. The molecule has 2 heteroatoms. The van der Waals surface area contributed by atoms with Crippen LogP contribution in [0, 0.1) is 17.3 Å². The Labute approximate surface area is 91.0 Å². The van der Waals surface area contributed by atoms with Crippen molar-refractivity contribution in [2.45, 2.75) is 57.5 Å². The molecule has 1 spiro atoms. The molecule has 5 atom stereocenters. The van der Waals surface area contributed by atoms with Crippen LogP contribution in [0.25, 0.3) is 0 Å². The van der Waals surface area contributed by atoms with Crippen molar-refractivity contribution in [3.8, 4) is 0 Å². The molecule has 82 valence electrons. The highest BCUT2D eigenvalue weighted by Crippen LogP contribution is 2.68. The van der Waals surface area contributed by atoms with Crippen molar-refractivity contribution >= 4 is 5.91 Å². The minimum atomic E-state index is 0.442. The second-order valence-corrected chi connectivity index (χ2v) is 6.04. The predicted molar refractivity (Wildman–Crippen MR) is 57.2 cm³/mol. The summed E-state index contributed by atoms with van der Waals surface area (Å²) in [5.74, 6) is 1.83. The Morgan fingerprint density at radius 2 is 2.27 bits per heavy atom. The first-order valence-electron chi connectivity index (χ1n) is 6.61. The number of piperidine rings is 1. The van der Waals surface area contributed by atoms with Crippen LogP contribution in [0.4, 0.5) is 0 Å². The molecule has 1 amide bonds. The van der Waals surface area contributed by atoms with Crippen molar-refractivity contribution in [2.75, 3.05) is 0 Å². The maximum atomic E-state index is 12.3. The molecule has 4 rings (SSSR count). The van der Waals surface area contributed by atoms with E-state index in [1.165, 1.54) is 38.5 Å². The number of nitrogens with zero attached hydrogens (tertiary/aromatic N) is 1. The molecule has 2 nitrogen and oxygen atoms in total. The van der Waals surface area contributed by atoms with Crippen LogP contribution in [-0.2, 0) is 4.79 Å². The number of amides is 1. The van der Waals surface area contributed by atoms with E-state index < -0.39 is 0 Å². The normalized spacial score (nSPS) is 55.5. The van der Waals surface area contributed by atoms with Crippen molar-refractivity contribution in [3.05, 3.63) is 0 Å². The average molecular weight is 205 g/mol. The largest absolute Gasteiger partial charge is 0.336 e. The highest BCUT2D eigenvalue weighted by Gasteiger charge is 2.71. The van der Waals surface area contributed by atoms with E-state index in [0.29, 0.717) is 29.3 Å². The lowest BCUT2D eigenvalue weighted by Crippen LogP contribution is -2.53. The number of hydrogen-bond acceptors (Lipinski definition) is 1. The van der Waals surface area contributed by atoms with Crippen LogP contribution in [0.3, 0.4) is 0 Å². The van der Waals surface area contributed by atoms with Gasteiger partial charge in [-0.05, 0) is 38.0 Å². The van der Waals surface area contributed by atoms with E-state index in [0.717, 1.165) is 5.92 Å². The zero-order valence-corrected chi connectivity index (χ0v) is 9.41. The minimum Gasteiger partial charge on any atom is -0.336 e. The summed E-state index contributed by atoms with van der Waals surface area (Å²) >= 11 is 0. The summed E-state index contributed by atoms with van der Waals surface area (Å²) < 4.78 is 0. The highest BCUT2D eigenvalue weighted by atomic mass is 16.2. The van der Waals surface area contributed by atoms with Crippen LogP contribution in [0.2, 0.25) is 0 Å². The second kappa shape index (κ2) is 2.41. The van der Waals surface area contributed by atoms with E-state index in [1.807, 2.05) is 0 Å². The molecule has 0 aromatic heterocycles. The summed E-state index contributed by atoms with van der Waals surface area (Å²) in [6, 6.07) is 1.29. The monoisotopic (exact) mass is 205 g/mol. The molecule has 4 fully saturated rings. The number of hydrogen-bond donors (Lipinski definition) is 0. The first-order valence-corrected chi connectivity index (χ1v) is 6.61. The third-order valence-corrected chi connectivity index (χ3v) is 6.00. The molecule has 4 aliphatic rings. The Balaban J connectivity index is 1.86. The van der Waals surface area contributed by atoms with Crippen LogP contribution in [0.15, 0.2) is 0 Å². The van der Waals surface area contributed by atoms with Gasteiger partial charge < -0.3 is 4.90 Å². The third-order valence-electron chi connectivity index (χ3n) is 6.00. The van der Waals surface area contributed by atoms with Gasteiger partial charge in [0.1, 0.15) is 0 Å². The van der Waals surface area contributed by atoms with Crippen molar-refractivity contribution in [1.82, 2.24) is 4.90 Å². The van der Waals surface area contributed by atoms with Gasteiger partial charge in [0.25, 0.3) is 0 Å². The van der Waals surface area contributed by atoms with E-state index in [9.17, 15) is 4.79 Å². The fourth-order valence-corrected chi connectivity index (χ4v) is 5.38. The number of rotatable bonds is 1. The SMILES string of the molecule is CCC1CC2CCC3N2C(=O)C2CCC123. The van der Waals surface area contributed by atoms with Crippen LogP contribution in [-0.4, -0.2) is 22.9 Å². The standard InChI is InChI=1S/C13H19NO/c1-2-8-7-9-3-4-11-13(8)6-5-10(13)12(15)14(9)11/h8-11H,2-7H2,1H3. The van der Waals surface area contributed by atoms with Gasteiger partial charge in [0, 0.05) is 23.4 Å². The Morgan fingerprint density at radius 1 is 1.40 bits per heavy atom. The van der Waals surface area contributed by atoms with Crippen LogP contribution < -0.4 is 0 Å². The Morgan fingerprint density at radius 3 is 2.93 bits per heavy atom. The van der Waals surface area contributed by atoms with Crippen molar-refractivity contribution in [1.29, 1.82) is 0 Å². The first kappa shape index (κ1) is 8.60. The summed E-state index contributed by atoms with van der Waals surface area (Å²) in [6.07, 6.45) is 7.75. The molecule has 0 radical (unpaired) electrons. The summed E-state index contributed by atoms with van der Waals surface area (Å²) in [5.41, 5.74) is 0.457. The van der Waals surface area contributed by atoms with Gasteiger partial charge in [-0.25, -0.2) is 0 Å². The second-order valence-electron chi connectivity index (χ2n) is 6.04. The molecule has 0 N–H and O–H groups in total. The summed E-state index contributed by atoms with van der Waals surface area (Å²) in [4.78, 5) is 14.6. The zero-order chi connectivity index (χ0) is 10.2. The first-order chi connectivity index (χ1) is 7.29. The van der Waals surface area contributed by atoms with Gasteiger partial charge in [0.15, 0.2) is 0 Å². The number of carbonyl (C=O) groups excluding carboxylic acids is 1. The molecule has 3 aliphatic heterocycles. The molecule has 3 heterocycles. The van der Waals surface area contributed by atoms with E-state index in [1.54, 1.807) is 0 Å². The molecule has 1 aliphatic carbocycles. The van der Waals surface area contributed by atoms with Gasteiger partial charge >= 0.3 is 0 Å². The Bertz CT molecular complexity index is 339. The molecule has 0 aromatic carbocycles. The van der Waals surface area contributed by atoms with Crippen molar-refractivity contribution in [2.24, 2.45) is 17.3 Å². The topological polar surface area (TPSA) is 20.3 Å². The van der Waals surface area contributed by atoms with Gasteiger partial charge in [-0.15, -0.1) is 0 Å². The van der Waals surface area contributed by atoms with Crippen molar-refractivity contribution in [3.63, 3.8) is 0 Å². The molecule has 5 unspecified atom stereocenters.